The van der Waals surface area contributed by atoms with Crippen LogP contribution in [0.4, 0.5) is 0 Å². The molecule has 6 nitrogen and oxygen atoms in total. The average molecular weight is 537 g/mol. The molecule has 0 saturated heterocycles. The molecule has 0 heterocycles. The second-order valence-corrected chi connectivity index (χ2v) is 22.3. The molecular weight excluding hydrogens is 497 g/mol. The third-order valence-corrected chi connectivity index (χ3v) is 15.9. The molecule has 0 spiro atoms. The Kier molecular flexibility index (Phi) is 8.43. The first-order valence-electron chi connectivity index (χ1n) is 11.7. The maximum atomic E-state index is 10.9. The van der Waals surface area contributed by atoms with Gasteiger partial charge < -0.3 is 13.0 Å². The van der Waals surface area contributed by atoms with Crippen molar-refractivity contribution in [3.8, 4) is 17.2 Å². The minimum atomic E-state index is -4.55. The van der Waals surface area contributed by atoms with Gasteiger partial charge in [-0.1, -0.05) is 65.8 Å². The molecule has 2 rings (SSSR count). The predicted molar refractivity (Wildman–Crippen MR) is 150 cm³/mol. The molecule has 0 atom stereocenters. The summed E-state index contributed by atoms with van der Waals surface area (Å²) in [6.07, 6.45) is 3.88. The lowest BCUT2D eigenvalue weighted by atomic mass is 10.1. The summed E-state index contributed by atoms with van der Waals surface area (Å²) in [6.45, 7) is 22.2. The zero-order valence-electron chi connectivity index (χ0n) is 22.6. The maximum Gasteiger partial charge on any atom is 0.446 e. The summed E-state index contributed by atoms with van der Waals surface area (Å²) in [5, 5.41) is 0.121. The molecule has 2 aromatic carbocycles. The topological polar surface area (TPSA) is 82.1 Å². The molecule has 194 valence electrons. The maximum absolute atomic E-state index is 10.9. The summed E-state index contributed by atoms with van der Waals surface area (Å²) < 4.78 is 48.3. The van der Waals surface area contributed by atoms with Crippen LogP contribution >= 0.6 is 0 Å². The van der Waals surface area contributed by atoms with E-state index < -0.39 is 27.0 Å². The zero-order chi connectivity index (χ0) is 26.9. The van der Waals surface area contributed by atoms with Gasteiger partial charge in [0.1, 0.15) is 17.2 Å². The van der Waals surface area contributed by atoms with Gasteiger partial charge in [0, 0.05) is 6.07 Å². The smallest absolute Gasteiger partial charge is 0.446 e. The van der Waals surface area contributed by atoms with E-state index >= 15 is 0 Å². The number of hydrogen-bond donors (Lipinski definition) is 1. The molecular formula is C26H40O6SSi2. The molecule has 9 heteroatoms. The molecule has 0 amide bonds. The lowest BCUT2D eigenvalue weighted by Gasteiger charge is -2.38. The SMILES string of the molecule is CC(C)(C)[Si](C)(C)Oc1cc(/C=C/c2ccc(OS(=O)(=O)O)cc2)cc(O[Si](C)(C)C(C)(C)C)c1. The minimum absolute atomic E-state index is 0.0412. The van der Waals surface area contributed by atoms with Crippen LogP contribution in [0.25, 0.3) is 12.2 Å². The van der Waals surface area contributed by atoms with Crippen molar-refractivity contribution in [3.05, 3.63) is 53.6 Å². The Morgan fingerprint density at radius 3 is 1.46 bits per heavy atom. The van der Waals surface area contributed by atoms with Gasteiger partial charge in [-0.15, -0.1) is 0 Å². The fourth-order valence-corrected chi connectivity index (χ4v) is 5.03. The Morgan fingerprint density at radius 1 is 0.686 bits per heavy atom. The van der Waals surface area contributed by atoms with Crippen LogP contribution in [0.5, 0.6) is 17.2 Å². The lowest BCUT2D eigenvalue weighted by molar-refractivity contribution is 0.387. The summed E-state index contributed by atoms with van der Waals surface area (Å²) in [5.74, 6) is 1.63. The van der Waals surface area contributed by atoms with Crippen LogP contribution in [0.1, 0.15) is 52.7 Å². The van der Waals surface area contributed by atoms with E-state index in [1.54, 1.807) is 12.1 Å². The second-order valence-electron chi connectivity index (χ2n) is 11.9. The van der Waals surface area contributed by atoms with Gasteiger partial charge in [-0.05, 0) is 71.7 Å². The molecule has 0 aromatic heterocycles. The highest BCUT2D eigenvalue weighted by Crippen LogP contribution is 2.41. The van der Waals surface area contributed by atoms with Gasteiger partial charge >= 0.3 is 10.4 Å². The van der Waals surface area contributed by atoms with Crippen LogP contribution in [0.2, 0.25) is 36.3 Å². The number of hydrogen-bond acceptors (Lipinski definition) is 5. The highest BCUT2D eigenvalue weighted by Gasteiger charge is 2.40. The Balaban J connectivity index is 2.41. The Morgan fingerprint density at radius 2 is 1.09 bits per heavy atom. The highest BCUT2D eigenvalue weighted by molar-refractivity contribution is 7.81. The van der Waals surface area contributed by atoms with Gasteiger partial charge in [-0.25, -0.2) is 0 Å². The lowest BCUT2D eigenvalue weighted by Crippen LogP contribution is -2.44. The predicted octanol–water partition coefficient (Wildman–Crippen LogP) is 7.81. The molecule has 0 aliphatic rings. The monoisotopic (exact) mass is 536 g/mol. The van der Waals surface area contributed by atoms with Crippen molar-refractivity contribution in [1.82, 2.24) is 0 Å². The second kappa shape index (κ2) is 10.1. The van der Waals surface area contributed by atoms with Crippen molar-refractivity contribution >= 4 is 39.2 Å². The fraction of sp³-hybridized carbons (Fsp3) is 0.462. The van der Waals surface area contributed by atoms with Crippen molar-refractivity contribution in [2.45, 2.75) is 77.8 Å². The van der Waals surface area contributed by atoms with E-state index in [4.69, 9.17) is 13.4 Å². The standard InChI is InChI=1S/C26H40O6SSi2/c1-25(2,3)34(7,8)31-23-17-21(18-24(19-23)32-35(9,10)26(4,5)6)12-11-20-13-15-22(16-14-20)30-33(27,28)29/h11-19H,1-10H3,(H,27,28,29)/b12-11+. The van der Waals surface area contributed by atoms with Crippen molar-refractivity contribution in [2.24, 2.45) is 0 Å². The molecule has 0 aliphatic heterocycles. The van der Waals surface area contributed by atoms with Crippen molar-refractivity contribution in [3.63, 3.8) is 0 Å². The summed E-state index contributed by atoms with van der Waals surface area (Å²) in [7, 11) is -8.65. The van der Waals surface area contributed by atoms with Gasteiger partial charge in [0.05, 0.1) is 0 Å². The minimum Gasteiger partial charge on any atom is -0.543 e. The molecule has 0 unspecified atom stereocenters. The van der Waals surface area contributed by atoms with Crippen LogP contribution in [-0.4, -0.2) is 29.6 Å². The van der Waals surface area contributed by atoms with Crippen molar-refractivity contribution in [1.29, 1.82) is 0 Å². The Bertz CT molecular complexity index is 1110. The molecule has 0 saturated carbocycles. The summed E-state index contributed by atoms with van der Waals surface area (Å²) in [6, 6.07) is 12.4. The van der Waals surface area contributed by atoms with Gasteiger partial charge in [0.2, 0.25) is 16.6 Å². The average Bonchev–Trinajstić information content (AvgIpc) is 2.63. The fourth-order valence-electron chi connectivity index (χ4n) is 2.65. The summed E-state index contributed by atoms with van der Waals surface area (Å²) in [5.41, 5.74) is 1.78. The molecule has 35 heavy (non-hydrogen) atoms. The van der Waals surface area contributed by atoms with Crippen LogP contribution in [-0.2, 0) is 10.4 Å². The van der Waals surface area contributed by atoms with Crippen LogP contribution < -0.4 is 13.0 Å². The van der Waals surface area contributed by atoms with Crippen LogP contribution in [0.3, 0.4) is 0 Å². The van der Waals surface area contributed by atoms with E-state index in [9.17, 15) is 8.42 Å². The van der Waals surface area contributed by atoms with Gasteiger partial charge in [0.15, 0.2) is 0 Å². The normalized spacial score (nSPS) is 13.7. The van der Waals surface area contributed by atoms with Crippen molar-refractivity contribution in [2.75, 3.05) is 0 Å². The third kappa shape index (κ3) is 8.52. The van der Waals surface area contributed by atoms with E-state index in [2.05, 4.69) is 71.9 Å². The zero-order valence-corrected chi connectivity index (χ0v) is 25.4. The third-order valence-electron chi connectivity index (χ3n) is 6.81. The molecule has 0 bridgehead atoms. The Hall–Kier alpha value is -2.08. The number of rotatable bonds is 8. The number of benzene rings is 2. The van der Waals surface area contributed by atoms with Gasteiger partial charge in [0.25, 0.3) is 0 Å². The molecule has 0 aliphatic carbocycles. The van der Waals surface area contributed by atoms with Gasteiger partial charge in [-0.3, -0.25) is 4.55 Å². The van der Waals surface area contributed by atoms with E-state index in [0.717, 1.165) is 22.6 Å². The first-order chi connectivity index (χ1) is 15.7. The van der Waals surface area contributed by atoms with E-state index in [1.807, 2.05) is 30.4 Å². The molecule has 1 N–H and O–H groups in total. The molecule has 2 aromatic rings. The first kappa shape index (κ1) is 29.2. The van der Waals surface area contributed by atoms with E-state index in [0.29, 0.717) is 0 Å². The Labute approximate surface area is 213 Å². The summed E-state index contributed by atoms with van der Waals surface area (Å²) >= 11 is 0. The van der Waals surface area contributed by atoms with E-state index in [1.165, 1.54) is 12.1 Å². The van der Waals surface area contributed by atoms with Crippen LogP contribution in [0, 0.1) is 0 Å². The summed E-state index contributed by atoms with van der Waals surface area (Å²) in [4.78, 5) is 0. The van der Waals surface area contributed by atoms with Gasteiger partial charge in [-0.2, -0.15) is 8.42 Å². The largest absolute Gasteiger partial charge is 0.543 e. The highest BCUT2D eigenvalue weighted by atomic mass is 32.3. The van der Waals surface area contributed by atoms with Crippen LogP contribution in [0.15, 0.2) is 42.5 Å². The van der Waals surface area contributed by atoms with E-state index in [-0.39, 0.29) is 15.8 Å². The first-order valence-corrected chi connectivity index (χ1v) is 18.8. The molecule has 0 radical (unpaired) electrons. The van der Waals surface area contributed by atoms with Crippen molar-refractivity contribution < 1.29 is 26.0 Å². The molecule has 0 fully saturated rings. The quantitative estimate of drug-likeness (QED) is 0.210.